The lowest BCUT2D eigenvalue weighted by atomic mass is 9.92. The van der Waals surface area contributed by atoms with E-state index in [2.05, 4.69) is 5.32 Å². The maximum Gasteiger partial charge on any atom is 0.318 e. The van der Waals surface area contributed by atoms with Crippen molar-refractivity contribution in [3.63, 3.8) is 0 Å². The largest absolute Gasteiger partial charge is 0.480 e. The molecular weight excluding hydrogens is 226 g/mol. The number of carbonyl (C=O) groups is 2. The minimum Gasteiger partial charge on any atom is -0.480 e. The number of carboxylic acids is 1. The Morgan fingerprint density at radius 2 is 2.12 bits per heavy atom. The molecule has 5 heteroatoms. The van der Waals surface area contributed by atoms with E-state index >= 15 is 0 Å². The van der Waals surface area contributed by atoms with E-state index in [1.165, 1.54) is 13.8 Å². The summed E-state index contributed by atoms with van der Waals surface area (Å²) in [5, 5.41) is 15.4. The summed E-state index contributed by atoms with van der Waals surface area (Å²) in [6.45, 7) is 4.62. The van der Waals surface area contributed by atoms with Crippen LogP contribution in [-0.4, -0.2) is 17.0 Å². The molecule has 0 aliphatic carbocycles. The van der Waals surface area contributed by atoms with Crippen LogP contribution < -0.4 is 5.32 Å². The Morgan fingerprint density at radius 3 is 2.56 bits per heavy atom. The highest BCUT2D eigenvalue weighted by Gasteiger charge is 2.36. The second kappa shape index (κ2) is 4.65. The molecule has 0 spiro atoms. The van der Waals surface area contributed by atoms with Crippen LogP contribution in [0.4, 0.5) is 0 Å². The van der Waals surface area contributed by atoms with Crippen molar-refractivity contribution in [2.75, 3.05) is 0 Å². The summed E-state index contributed by atoms with van der Waals surface area (Å²) in [6.07, 6.45) is 0. The van der Waals surface area contributed by atoms with Gasteiger partial charge in [-0.05, 0) is 43.2 Å². The van der Waals surface area contributed by atoms with E-state index in [0.29, 0.717) is 0 Å². The number of hydrogen-bond donors (Lipinski definition) is 2. The minimum atomic E-state index is -1.40. The summed E-state index contributed by atoms with van der Waals surface area (Å²) in [5.74, 6) is -1.60. The van der Waals surface area contributed by atoms with Gasteiger partial charge in [0.1, 0.15) is 5.41 Å². The zero-order chi connectivity index (χ0) is 12.3. The molecule has 1 amide bonds. The molecule has 0 aliphatic heterocycles. The number of hydrogen-bond acceptors (Lipinski definition) is 3. The van der Waals surface area contributed by atoms with Crippen LogP contribution in [0.5, 0.6) is 0 Å². The van der Waals surface area contributed by atoms with E-state index in [1.54, 1.807) is 11.3 Å². The van der Waals surface area contributed by atoms with Crippen molar-refractivity contribution in [2.45, 2.75) is 26.8 Å². The van der Waals surface area contributed by atoms with Crippen molar-refractivity contribution < 1.29 is 14.7 Å². The van der Waals surface area contributed by atoms with Gasteiger partial charge in [0.25, 0.3) is 0 Å². The molecule has 0 saturated carbocycles. The van der Waals surface area contributed by atoms with E-state index in [4.69, 9.17) is 5.11 Å². The third kappa shape index (κ3) is 2.61. The van der Waals surface area contributed by atoms with Crippen molar-refractivity contribution in [2.24, 2.45) is 5.41 Å². The molecule has 88 valence electrons. The fourth-order valence-electron chi connectivity index (χ4n) is 1.08. The van der Waals surface area contributed by atoms with Crippen LogP contribution in [-0.2, 0) is 9.59 Å². The van der Waals surface area contributed by atoms with Crippen LogP contribution in [0.3, 0.4) is 0 Å². The maximum absolute atomic E-state index is 11.7. The quantitative estimate of drug-likeness (QED) is 0.793. The average molecular weight is 241 g/mol. The molecule has 4 nitrogen and oxygen atoms in total. The van der Waals surface area contributed by atoms with Gasteiger partial charge < -0.3 is 10.4 Å². The van der Waals surface area contributed by atoms with Gasteiger partial charge in [-0.1, -0.05) is 0 Å². The molecule has 1 heterocycles. The first-order chi connectivity index (χ1) is 7.35. The van der Waals surface area contributed by atoms with Crippen LogP contribution >= 0.6 is 11.3 Å². The van der Waals surface area contributed by atoms with Crippen LogP contribution in [0.25, 0.3) is 0 Å². The van der Waals surface area contributed by atoms with Crippen LogP contribution in [0.2, 0.25) is 0 Å². The first kappa shape index (κ1) is 12.7. The Hall–Kier alpha value is -1.36. The van der Waals surface area contributed by atoms with Crippen molar-refractivity contribution >= 4 is 23.2 Å². The fourth-order valence-corrected chi connectivity index (χ4v) is 1.83. The average Bonchev–Trinajstić information content (AvgIpc) is 2.69. The van der Waals surface area contributed by atoms with Gasteiger partial charge in [0.05, 0.1) is 6.04 Å². The standard InChI is InChI=1S/C11H15NO3S/c1-7(8-4-5-16-6-8)12-9(13)11(2,3)10(14)15/h4-7H,1-3H3,(H,12,13)(H,14,15). The number of carbonyl (C=O) groups excluding carboxylic acids is 1. The molecule has 1 aromatic heterocycles. The highest BCUT2D eigenvalue weighted by molar-refractivity contribution is 7.07. The second-order valence-corrected chi connectivity index (χ2v) is 4.96. The zero-order valence-electron chi connectivity index (χ0n) is 9.48. The summed E-state index contributed by atoms with van der Waals surface area (Å²) in [6, 6.07) is 1.74. The smallest absolute Gasteiger partial charge is 0.318 e. The molecule has 1 atom stereocenters. The number of amides is 1. The van der Waals surface area contributed by atoms with Crippen molar-refractivity contribution in [1.29, 1.82) is 0 Å². The zero-order valence-corrected chi connectivity index (χ0v) is 10.3. The van der Waals surface area contributed by atoms with Gasteiger partial charge in [-0.3, -0.25) is 9.59 Å². The molecule has 16 heavy (non-hydrogen) atoms. The maximum atomic E-state index is 11.7. The molecule has 0 saturated heterocycles. The lowest BCUT2D eigenvalue weighted by Gasteiger charge is -2.21. The van der Waals surface area contributed by atoms with E-state index < -0.39 is 17.3 Å². The third-order valence-electron chi connectivity index (χ3n) is 2.49. The fraction of sp³-hybridized carbons (Fsp3) is 0.455. The molecule has 0 radical (unpaired) electrons. The van der Waals surface area contributed by atoms with E-state index in [0.717, 1.165) is 5.56 Å². The molecule has 1 aromatic rings. The molecule has 0 bridgehead atoms. The van der Waals surface area contributed by atoms with Crippen molar-refractivity contribution in [1.82, 2.24) is 5.32 Å². The van der Waals surface area contributed by atoms with Crippen molar-refractivity contribution in [3.8, 4) is 0 Å². The normalized spacial score (nSPS) is 13.2. The molecule has 2 N–H and O–H groups in total. The molecule has 0 aliphatic rings. The molecular formula is C11H15NO3S. The minimum absolute atomic E-state index is 0.169. The van der Waals surface area contributed by atoms with Crippen molar-refractivity contribution in [3.05, 3.63) is 22.4 Å². The third-order valence-corrected chi connectivity index (χ3v) is 3.19. The molecule has 0 fully saturated rings. The van der Waals surface area contributed by atoms with Crippen LogP contribution in [0, 0.1) is 5.41 Å². The van der Waals surface area contributed by atoms with E-state index in [-0.39, 0.29) is 6.04 Å². The topological polar surface area (TPSA) is 66.4 Å². The first-order valence-electron chi connectivity index (χ1n) is 4.92. The highest BCUT2D eigenvalue weighted by Crippen LogP contribution is 2.20. The number of aliphatic carboxylic acids is 1. The van der Waals surface area contributed by atoms with E-state index in [9.17, 15) is 9.59 Å². The molecule has 1 rings (SSSR count). The Kier molecular flexibility index (Phi) is 3.70. The van der Waals surface area contributed by atoms with Crippen LogP contribution in [0.15, 0.2) is 16.8 Å². The number of nitrogens with one attached hydrogen (secondary N) is 1. The summed E-state index contributed by atoms with van der Waals surface area (Å²) in [7, 11) is 0. The van der Waals surface area contributed by atoms with Gasteiger partial charge in [0.15, 0.2) is 0 Å². The van der Waals surface area contributed by atoms with Gasteiger partial charge in [0.2, 0.25) is 5.91 Å². The number of rotatable bonds is 4. The highest BCUT2D eigenvalue weighted by atomic mass is 32.1. The summed E-state index contributed by atoms with van der Waals surface area (Å²) >= 11 is 1.54. The molecule has 0 aromatic carbocycles. The van der Waals surface area contributed by atoms with Gasteiger partial charge in [-0.15, -0.1) is 0 Å². The lowest BCUT2D eigenvalue weighted by Crippen LogP contribution is -2.43. The van der Waals surface area contributed by atoms with Gasteiger partial charge in [-0.25, -0.2) is 0 Å². The Labute approximate surface area is 98.3 Å². The Balaban J connectivity index is 2.69. The summed E-state index contributed by atoms with van der Waals surface area (Å²) in [5.41, 5.74) is -0.413. The summed E-state index contributed by atoms with van der Waals surface area (Å²) < 4.78 is 0. The first-order valence-corrected chi connectivity index (χ1v) is 5.86. The second-order valence-electron chi connectivity index (χ2n) is 4.18. The molecule has 1 unspecified atom stereocenters. The summed E-state index contributed by atoms with van der Waals surface area (Å²) in [4.78, 5) is 22.6. The van der Waals surface area contributed by atoms with Gasteiger partial charge in [0, 0.05) is 0 Å². The predicted molar refractivity (Wildman–Crippen MR) is 62.3 cm³/mol. The van der Waals surface area contributed by atoms with E-state index in [1.807, 2.05) is 23.8 Å². The lowest BCUT2D eigenvalue weighted by molar-refractivity contribution is -0.153. The van der Waals surface area contributed by atoms with Gasteiger partial charge in [-0.2, -0.15) is 11.3 Å². The van der Waals surface area contributed by atoms with Crippen LogP contribution in [0.1, 0.15) is 32.4 Å². The number of carboxylic acid groups (broad SMARTS) is 1. The predicted octanol–water partition coefficient (Wildman–Crippen LogP) is 2.04. The monoisotopic (exact) mass is 241 g/mol. The van der Waals surface area contributed by atoms with Gasteiger partial charge >= 0.3 is 5.97 Å². The number of thiophene rings is 1. The Morgan fingerprint density at radius 1 is 1.50 bits per heavy atom. The SMILES string of the molecule is CC(NC(=O)C(C)(C)C(=O)O)c1ccsc1. The Bertz CT molecular complexity index is 384.